The van der Waals surface area contributed by atoms with Crippen LogP contribution in [0.1, 0.15) is 16.2 Å². The summed E-state index contributed by atoms with van der Waals surface area (Å²) in [5.74, 6) is -0.405. The lowest BCUT2D eigenvalue weighted by molar-refractivity contribution is 0.0594. The molecule has 0 saturated heterocycles. The lowest BCUT2D eigenvalue weighted by Gasteiger charge is -1.89. The lowest BCUT2D eigenvalue weighted by Crippen LogP contribution is -2.00. The molecular formula is C6H7IN2O2. The second-order valence-electron chi connectivity index (χ2n) is 1.90. The second-order valence-corrected chi connectivity index (χ2v) is 2.67. The quantitative estimate of drug-likeness (QED) is 0.496. The molecule has 0 fully saturated rings. The molecule has 5 heteroatoms. The van der Waals surface area contributed by atoms with E-state index in [-0.39, 0.29) is 0 Å². The van der Waals surface area contributed by atoms with E-state index in [0.29, 0.717) is 5.69 Å². The molecule has 1 rings (SSSR count). The van der Waals surface area contributed by atoms with Crippen molar-refractivity contribution in [1.29, 1.82) is 0 Å². The van der Waals surface area contributed by atoms with Gasteiger partial charge in [-0.15, -0.1) is 0 Å². The lowest BCUT2D eigenvalue weighted by atomic mass is 10.4. The zero-order valence-electron chi connectivity index (χ0n) is 5.93. The van der Waals surface area contributed by atoms with Crippen molar-refractivity contribution in [1.82, 2.24) is 10.2 Å². The molecule has 0 aliphatic carbocycles. The molecule has 0 aromatic carbocycles. The predicted octanol–water partition coefficient (Wildman–Crippen LogP) is 1.13. The highest BCUT2D eigenvalue weighted by Gasteiger charge is 2.08. The summed E-state index contributed by atoms with van der Waals surface area (Å²) in [7, 11) is 1.33. The van der Waals surface area contributed by atoms with Gasteiger partial charge >= 0.3 is 5.97 Å². The number of carbonyl (C=O) groups excluding carboxylic acids is 1. The maximum absolute atomic E-state index is 10.8. The van der Waals surface area contributed by atoms with E-state index in [1.165, 1.54) is 7.11 Å². The first-order valence-corrected chi connectivity index (χ1v) is 4.49. The Morgan fingerprint density at radius 1 is 1.91 bits per heavy atom. The van der Waals surface area contributed by atoms with Crippen LogP contribution < -0.4 is 0 Å². The number of H-pyrrole nitrogens is 1. The van der Waals surface area contributed by atoms with Crippen LogP contribution in [0.5, 0.6) is 0 Å². The van der Waals surface area contributed by atoms with E-state index >= 15 is 0 Å². The van der Waals surface area contributed by atoms with E-state index in [9.17, 15) is 4.79 Å². The first-order chi connectivity index (χ1) is 5.27. The van der Waals surface area contributed by atoms with Crippen LogP contribution in [0.3, 0.4) is 0 Å². The number of methoxy groups -OCH3 is 1. The molecule has 60 valence electrons. The third-order valence-electron chi connectivity index (χ3n) is 1.17. The van der Waals surface area contributed by atoms with Gasteiger partial charge in [0.2, 0.25) is 0 Å². The highest BCUT2D eigenvalue weighted by Crippen LogP contribution is 2.04. The summed E-state index contributed by atoms with van der Waals surface area (Å²) in [4.78, 5) is 10.8. The van der Waals surface area contributed by atoms with Crippen molar-refractivity contribution in [2.24, 2.45) is 0 Å². The Hall–Kier alpha value is -0.590. The van der Waals surface area contributed by atoms with Gasteiger partial charge < -0.3 is 4.74 Å². The van der Waals surface area contributed by atoms with Crippen molar-refractivity contribution in [3.8, 4) is 0 Å². The van der Waals surface area contributed by atoms with Crippen LogP contribution in [-0.2, 0) is 9.16 Å². The summed E-state index contributed by atoms with van der Waals surface area (Å²) in [6.45, 7) is 0. The molecule has 1 aromatic rings. The maximum Gasteiger partial charge on any atom is 0.358 e. The maximum atomic E-state index is 10.8. The van der Waals surface area contributed by atoms with Crippen LogP contribution in [0.25, 0.3) is 0 Å². The van der Waals surface area contributed by atoms with E-state index < -0.39 is 5.97 Å². The minimum absolute atomic E-state index is 0.333. The molecule has 1 N–H and O–H groups in total. The van der Waals surface area contributed by atoms with Crippen LogP contribution in [-0.4, -0.2) is 23.3 Å². The molecule has 0 bridgehead atoms. The summed E-state index contributed by atoms with van der Waals surface area (Å²) in [6.07, 6.45) is 0. The number of nitrogens with one attached hydrogen (secondary N) is 1. The summed E-state index contributed by atoms with van der Waals surface area (Å²) >= 11 is 2.18. The Bertz CT molecular complexity index is 259. The van der Waals surface area contributed by atoms with Crippen LogP contribution in [0.4, 0.5) is 0 Å². The first-order valence-electron chi connectivity index (χ1n) is 2.96. The van der Waals surface area contributed by atoms with Gasteiger partial charge in [-0.2, -0.15) is 5.10 Å². The number of aromatic amines is 1. The topological polar surface area (TPSA) is 55.0 Å². The van der Waals surface area contributed by atoms with Gasteiger partial charge in [-0.05, 0) is 6.07 Å². The van der Waals surface area contributed by atoms with Crippen LogP contribution in [0, 0.1) is 0 Å². The zero-order valence-corrected chi connectivity index (χ0v) is 8.08. The molecule has 0 unspecified atom stereocenters. The smallest absolute Gasteiger partial charge is 0.358 e. The van der Waals surface area contributed by atoms with Gasteiger partial charge in [-0.1, -0.05) is 22.6 Å². The Morgan fingerprint density at radius 3 is 3.09 bits per heavy atom. The van der Waals surface area contributed by atoms with Crippen molar-refractivity contribution in [2.45, 2.75) is 4.43 Å². The summed E-state index contributed by atoms with van der Waals surface area (Å²) < 4.78 is 5.28. The van der Waals surface area contributed by atoms with Crippen LogP contribution >= 0.6 is 22.6 Å². The van der Waals surface area contributed by atoms with Gasteiger partial charge in [0.15, 0.2) is 5.69 Å². The molecule has 0 saturated carbocycles. The third-order valence-corrected chi connectivity index (χ3v) is 1.99. The standard InChI is InChI=1S/C6H7IN2O2/c1-11-6(10)5-2-4(3-7)8-9-5/h2H,3H2,1H3,(H,8,9). The molecule has 0 spiro atoms. The van der Waals surface area contributed by atoms with Crippen molar-refractivity contribution < 1.29 is 9.53 Å². The highest BCUT2D eigenvalue weighted by molar-refractivity contribution is 14.1. The normalized spacial score (nSPS) is 9.64. The van der Waals surface area contributed by atoms with Gasteiger partial charge in [-0.3, -0.25) is 5.10 Å². The van der Waals surface area contributed by atoms with E-state index in [2.05, 4.69) is 37.5 Å². The van der Waals surface area contributed by atoms with Crippen molar-refractivity contribution >= 4 is 28.6 Å². The molecular weight excluding hydrogens is 259 g/mol. The average Bonchev–Trinajstić information content (AvgIpc) is 2.50. The molecule has 1 heterocycles. The zero-order chi connectivity index (χ0) is 8.27. The number of halogens is 1. The molecule has 1 aromatic heterocycles. The Morgan fingerprint density at radius 2 is 2.64 bits per heavy atom. The summed E-state index contributed by atoms with van der Waals surface area (Å²) in [5.41, 5.74) is 1.25. The van der Waals surface area contributed by atoms with Crippen LogP contribution in [0.15, 0.2) is 6.07 Å². The van der Waals surface area contributed by atoms with Crippen LogP contribution in [0.2, 0.25) is 0 Å². The highest BCUT2D eigenvalue weighted by atomic mass is 127. The van der Waals surface area contributed by atoms with Crippen molar-refractivity contribution in [3.05, 3.63) is 17.5 Å². The summed E-state index contributed by atoms with van der Waals surface area (Å²) in [5, 5.41) is 6.47. The molecule has 0 amide bonds. The van der Waals surface area contributed by atoms with Gasteiger partial charge in [0.1, 0.15) is 0 Å². The SMILES string of the molecule is COC(=O)c1cc(CI)[nH]n1. The number of alkyl halides is 1. The fourth-order valence-corrected chi connectivity index (χ4v) is 1.03. The fraction of sp³-hybridized carbons (Fsp3) is 0.333. The number of rotatable bonds is 2. The van der Waals surface area contributed by atoms with Gasteiger partial charge in [-0.25, -0.2) is 4.79 Å². The number of carbonyl (C=O) groups is 1. The van der Waals surface area contributed by atoms with Crippen molar-refractivity contribution in [2.75, 3.05) is 7.11 Å². The number of aromatic nitrogens is 2. The number of ether oxygens (including phenoxy) is 1. The van der Waals surface area contributed by atoms with Gasteiger partial charge in [0.05, 0.1) is 7.11 Å². The molecule has 0 aliphatic rings. The number of nitrogens with zero attached hydrogens (tertiary/aromatic N) is 1. The number of esters is 1. The molecule has 0 radical (unpaired) electrons. The minimum Gasteiger partial charge on any atom is -0.464 e. The van der Waals surface area contributed by atoms with E-state index in [1.807, 2.05) is 0 Å². The summed E-state index contributed by atoms with van der Waals surface area (Å²) in [6, 6.07) is 1.68. The first kappa shape index (κ1) is 8.51. The molecule has 11 heavy (non-hydrogen) atoms. The Labute approximate surface area is 77.5 Å². The molecule has 4 nitrogen and oxygen atoms in total. The fourth-order valence-electron chi connectivity index (χ4n) is 0.639. The van der Waals surface area contributed by atoms with E-state index in [1.54, 1.807) is 6.07 Å². The van der Waals surface area contributed by atoms with Gasteiger partial charge in [0.25, 0.3) is 0 Å². The Balaban J connectivity index is 2.80. The Kier molecular flexibility index (Phi) is 2.86. The van der Waals surface area contributed by atoms with Gasteiger partial charge in [0, 0.05) is 10.1 Å². The third kappa shape index (κ3) is 1.92. The molecule has 0 aliphatic heterocycles. The molecule has 0 atom stereocenters. The number of hydrogen-bond acceptors (Lipinski definition) is 3. The van der Waals surface area contributed by atoms with E-state index in [4.69, 9.17) is 0 Å². The minimum atomic E-state index is -0.405. The number of hydrogen-bond donors (Lipinski definition) is 1. The predicted molar refractivity (Wildman–Crippen MR) is 47.7 cm³/mol. The largest absolute Gasteiger partial charge is 0.464 e. The van der Waals surface area contributed by atoms with Crippen molar-refractivity contribution in [3.63, 3.8) is 0 Å². The average molecular weight is 266 g/mol. The van der Waals surface area contributed by atoms with E-state index in [0.717, 1.165) is 10.1 Å². The second kappa shape index (κ2) is 3.70. The monoisotopic (exact) mass is 266 g/mol.